The average molecular weight is 493 g/mol. The first-order chi connectivity index (χ1) is 17.1. The molecule has 1 saturated carbocycles. The molecule has 1 aliphatic rings. The van der Waals surface area contributed by atoms with Crippen molar-refractivity contribution >= 4 is 22.4 Å². The van der Waals surface area contributed by atoms with Gasteiger partial charge >= 0.3 is 0 Å². The number of hydrogen-bond donors (Lipinski definition) is 0. The van der Waals surface area contributed by atoms with Crippen LogP contribution in [0.2, 0.25) is 5.02 Å². The molecular formula is C33H42ClF. The fraction of sp³-hybridized carbons (Fsp3) is 0.515. The minimum absolute atomic E-state index is 0.0592. The molecule has 0 saturated heterocycles. The molecule has 0 aliphatic heterocycles. The third kappa shape index (κ3) is 7.81. The Labute approximate surface area is 217 Å². The van der Waals surface area contributed by atoms with Gasteiger partial charge in [-0.1, -0.05) is 125 Å². The molecule has 188 valence electrons. The summed E-state index contributed by atoms with van der Waals surface area (Å²) >= 11 is 5.97. The molecule has 0 heterocycles. The van der Waals surface area contributed by atoms with Gasteiger partial charge in [-0.2, -0.15) is 0 Å². The number of halogens is 2. The second-order valence-corrected chi connectivity index (χ2v) is 11.3. The van der Waals surface area contributed by atoms with Crippen LogP contribution >= 0.6 is 11.6 Å². The van der Waals surface area contributed by atoms with Crippen molar-refractivity contribution in [3.05, 3.63) is 82.1 Å². The average Bonchev–Trinajstić information content (AvgIpc) is 2.88. The molecule has 0 bridgehead atoms. The molecule has 1 fully saturated rings. The van der Waals surface area contributed by atoms with Crippen LogP contribution in [0.1, 0.15) is 94.2 Å². The highest BCUT2D eigenvalue weighted by molar-refractivity contribution is 6.30. The molecule has 0 aromatic heterocycles. The van der Waals surface area contributed by atoms with Gasteiger partial charge in [-0.25, -0.2) is 4.39 Å². The van der Waals surface area contributed by atoms with Gasteiger partial charge in [-0.3, -0.25) is 0 Å². The smallest absolute Gasteiger partial charge is 0.134 e. The number of aryl methyl sites for hydroxylation is 3. The summed E-state index contributed by atoms with van der Waals surface area (Å²) in [5, 5.41) is 2.52. The molecule has 3 aromatic carbocycles. The lowest BCUT2D eigenvalue weighted by Gasteiger charge is -2.28. The maximum atomic E-state index is 15.2. The Morgan fingerprint density at radius 3 is 2.14 bits per heavy atom. The molecule has 3 aromatic rings. The van der Waals surface area contributed by atoms with Crippen LogP contribution < -0.4 is 0 Å². The minimum atomic E-state index is -0.0592. The summed E-state index contributed by atoms with van der Waals surface area (Å²) in [7, 11) is 0. The van der Waals surface area contributed by atoms with Gasteiger partial charge in [0.1, 0.15) is 5.82 Å². The fourth-order valence-corrected chi connectivity index (χ4v) is 6.01. The molecule has 0 unspecified atom stereocenters. The highest BCUT2D eigenvalue weighted by Crippen LogP contribution is 2.34. The lowest BCUT2D eigenvalue weighted by atomic mass is 9.77. The van der Waals surface area contributed by atoms with E-state index in [9.17, 15) is 0 Å². The highest BCUT2D eigenvalue weighted by atomic mass is 35.5. The van der Waals surface area contributed by atoms with E-state index in [1.165, 1.54) is 81.8 Å². The summed E-state index contributed by atoms with van der Waals surface area (Å²) in [5.41, 5.74) is 3.33. The number of fused-ring (bicyclic) bond motifs is 1. The van der Waals surface area contributed by atoms with Crippen LogP contribution in [-0.2, 0) is 19.3 Å². The zero-order valence-electron chi connectivity index (χ0n) is 21.5. The van der Waals surface area contributed by atoms with Crippen molar-refractivity contribution in [1.29, 1.82) is 0 Å². The van der Waals surface area contributed by atoms with Crippen molar-refractivity contribution in [3.8, 4) is 0 Å². The van der Waals surface area contributed by atoms with Gasteiger partial charge in [-0.05, 0) is 71.7 Å². The van der Waals surface area contributed by atoms with Gasteiger partial charge in [0.25, 0.3) is 0 Å². The summed E-state index contributed by atoms with van der Waals surface area (Å²) in [6, 6.07) is 18.3. The highest BCUT2D eigenvalue weighted by Gasteiger charge is 2.20. The standard InChI is InChI=1S/C33H42ClF/c1-2-3-4-5-6-7-25-8-10-26(11-9-25)12-13-28-17-23-32-30(24-28)20-19-29(33(32)35)18-14-27-15-21-31(34)22-16-27/h15-17,19-26H,2-14,18H2,1H3. The molecule has 0 spiro atoms. The van der Waals surface area contributed by atoms with Crippen molar-refractivity contribution in [2.45, 2.75) is 96.8 Å². The van der Waals surface area contributed by atoms with Crippen LogP contribution in [0.4, 0.5) is 4.39 Å². The SMILES string of the molecule is CCCCCCCC1CCC(CCc2ccc3c(F)c(CCc4ccc(Cl)cc4)ccc3c2)CC1. The Balaban J connectivity index is 1.24. The predicted octanol–water partition coefficient (Wildman–Crippen LogP) is 10.5. The molecule has 0 nitrogen and oxygen atoms in total. The van der Waals surface area contributed by atoms with E-state index in [1.807, 2.05) is 36.4 Å². The zero-order chi connectivity index (χ0) is 24.5. The number of rotatable bonds is 12. The van der Waals surface area contributed by atoms with E-state index < -0.39 is 0 Å². The van der Waals surface area contributed by atoms with E-state index in [1.54, 1.807) is 0 Å². The Morgan fingerprint density at radius 2 is 1.40 bits per heavy atom. The second-order valence-electron chi connectivity index (χ2n) is 10.8. The van der Waals surface area contributed by atoms with Gasteiger partial charge in [0.15, 0.2) is 0 Å². The minimum Gasteiger partial charge on any atom is -0.206 e. The summed E-state index contributed by atoms with van der Waals surface area (Å²) in [6.07, 6.45) is 18.1. The maximum absolute atomic E-state index is 15.2. The molecule has 0 N–H and O–H groups in total. The predicted molar refractivity (Wildman–Crippen MR) is 150 cm³/mol. The Bertz CT molecular complexity index is 1050. The Hall–Kier alpha value is -1.86. The third-order valence-corrected chi connectivity index (χ3v) is 8.47. The summed E-state index contributed by atoms with van der Waals surface area (Å²) in [4.78, 5) is 0. The third-order valence-electron chi connectivity index (χ3n) is 8.22. The molecular weight excluding hydrogens is 451 g/mol. The molecule has 0 atom stereocenters. The van der Waals surface area contributed by atoms with Crippen molar-refractivity contribution < 1.29 is 4.39 Å². The maximum Gasteiger partial charge on any atom is 0.134 e. The van der Waals surface area contributed by atoms with Crippen LogP contribution in [0.25, 0.3) is 10.8 Å². The van der Waals surface area contributed by atoms with Gasteiger partial charge in [0.05, 0.1) is 0 Å². The van der Waals surface area contributed by atoms with E-state index in [2.05, 4.69) is 25.1 Å². The molecule has 0 amide bonds. The van der Waals surface area contributed by atoms with Crippen molar-refractivity contribution in [1.82, 2.24) is 0 Å². The van der Waals surface area contributed by atoms with E-state index in [0.717, 1.165) is 46.0 Å². The molecule has 1 aliphatic carbocycles. The largest absolute Gasteiger partial charge is 0.206 e. The van der Waals surface area contributed by atoms with Gasteiger partial charge in [0.2, 0.25) is 0 Å². The van der Waals surface area contributed by atoms with Gasteiger partial charge < -0.3 is 0 Å². The number of benzene rings is 3. The summed E-state index contributed by atoms with van der Waals surface area (Å²) in [5.74, 6) is 1.79. The molecule has 35 heavy (non-hydrogen) atoms. The van der Waals surface area contributed by atoms with E-state index in [-0.39, 0.29) is 5.82 Å². The quantitative estimate of drug-likeness (QED) is 0.220. The van der Waals surface area contributed by atoms with E-state index >= 15 is 4.39 Å². The van der Waals surface area contributed by atoms with Gasteiger partial charge in [0, 0.05) is 10.4 Å². The monoisotopic (exact) mass is 492 g/mol. The normalized spacial score (nSPS) is 18.3. The second kappa shape index (κ2) is 13.4. The first-order valence-electron chi connectivity index (χ1n) is 14.1. The fourth-order valence-electron chi connectivity index (χ4n) is 5.88. The lowest BCUT2D eigenvalue weighted by molar-refractivity contribution is 0.249. The zero-order valence-corrected chi connectivity index (χ0v) is 22.3. The lowest BCUT2D eigenvalue weighted by Crippen LogP contribution is -2.15. The van der Waals surface area contributed by atoms with Crippen LogP contribution in [-0.4, -0.2) is 0 Å². The van der Waals surface area contributed by atoms with Crippen molar-refractivity contribution in [2.24, 2.45) is 11.8 Å². The van der Waals surface area contributed by atoms with Crippen molar-refractivity contribution in [3.63, 3.8) is 0 Å². The van der Waals surface area contributed by atoms with Crippen LogP contribution in [0.5, 0.6) is 0 Å². The number of unbranched alkanes of at least 4 members (excludes halogenated alkanes) is 4. The topological polar surface area (TPSA) is 0 Å². The molecule has 4 rings (SSSR count). The molecule has 2 heteroatoms. The van der Waals surface area contributed by atoms with E-state index in [4.69, 9.17) is 11.6 Å². The first kappa shape index (κ1) is 26.2. The Morgan fingerprint density at radius 1 is 0.714 bits per heavy atom. The van der Waals surface area contributed by atoms with Crippen LogP contribution in [0.3, 0.4) is 0 Å². The van der Waals surface area contributed by atoms with E-state index in [0.29, 0.717) is 6.42 Å². The van der Waals surface area contributed by atoms with Gasteiger partial charge in [-0.15, -0.1) is 0 Å². The first-order valence-corrected chi connectivity index (χ1v) is 14.4. The molecule has 0 radical (unpaired) electrons. The summed E-state index contributed by atoms with van der Waals surface area (Å²) in [6.45, 7) is 2.29. The van der Waals surface area contributed by atoms with Crippen molar-refractivity contribution in [2.75, 3.05) is 0 Å². The number of hydrogen-bond acceptors (Lipinski definition) is 0. The summed E-state index contributed by atoms with van der Waals surface area (Å²) < 4.78 is 15.2. The van der Waals surface area contributed by atoms with Crippen LogP contribution in [0, 0.1) is 17.7 Å². The Kier molecular flexibility index (Phi) is 10.1. The van der Waals surface area contributed by atoms with Crippen LogP contribution in [0.15, 0.2) is 54.6 Å².